The van der Waals surface area contributed by atoms with Crippen molar-refractivity contribution in [1.29, 1.82) is 0 Å². The van der Waals surface area contributed by atoms with Gasteiger partial charge >= 0.3 is 11.9 Å². The summed E-state index contributed by atoms with van der Waals surface area (Å²) in [6.07, 6.45) is 3.59. The summed E-state index contributed by atoms with van der Waals surface area (Å²) in [5.41, 5.74) is -1.12. The van der Waals surface area contributed by atoms with Crippen molar-refractivity contribution in [3.05, 3.63) is 11.6 Å². The molecule has 24 heavy (non-hydrogen) atoms. The van der Waals surface area contributed by atoms with Gasteiger partial charge in [0.1, 0.15) is 6.10 Å². The van der Waals surface area contributed by atoms with Crippen molar-refractivity contribution >= 4 is 11.9 Å². The highest BCUT2D eigenvalue weighted by Gasteiger charge is 2.48. The van der Waals surface area contributed by atoms with E-state index in [1.807, 2.05) is 0 Å². The Bertz CT molecular complexity index is 556. The van der Waals surface area contributed by atoms with Crippen molar-refractivity contribution in [2.75, 3.05) is 19.7 Å². The molecule has 0 amide bonds. The quantitative estimate of drug-likeness (QED) is 0.530. The van der Waals surface area contributed by atoms with Crippen molar-refractivity contribution in [2.45, 2.75) is 57.8 Å². The number of carbonyl (C=O) groups is 2. The third-order valence-electron chi connectivity index (χ3n) is 5.97. The van der Waals surface area contributed by atoms with Crippen LogP contribution in [0.2, 0.25) is 0 Å². The average Bonchev–Trinajstić information content (AvgIpc) is 3.12. The van der Waals surface area contributed by atoms with Gasteiger partial charge in [-0.3, -0.25) is 4.90 Å². The monoisotopic (exact) mass is 337 g/mol. The number of nitrogens with zero attached hydrogens (tertiary/aromatic N) is 1. The molecule has 6 heteroatoms. The Kier molecular flexibility index (Phi) is 4.71. The van der Waals surface area contributed by atoms with E-state index in [0.717, 1.165) is 25.9 Å². The molecule has 3 aliphatic heterocycles. The zero-order valence-electron chi connectivity index (χ0n) is 14.7. The van der Waals surface area contributed by atoms with Gasteiger partial charge in [-0.2, -0.15) is 0 Å². The van der Waals surface area contributed by atoms with Crippen LogP contribution in [-0.2, 0) is 19.1 Å². The number of aliphatic hydroxyl groups is 1. The van der Waals surface area contributed by atoms with Crippen LogP contribution in [0.3, 0.4) is 0 Å². The SMILES string of the molecule is C/C=C1\CC(C)C(C)(O)C(=O)OC[C@H]2CCN3CC[C@@H](OC1=O)[C@H]23. The minimum Gasteiger partial charge on any atom is -0.463 e. The van der Waals surface area contributed by atoms with Gasteiger partial charge in [-0.25, -0.2) is 9.59 Å². The number of carbonyl (C=O) groups excluding carboxylic acids is 2. The van der Waals surface area contributed by atoms with Crippen molar-refractivity contribution in [2.24, 2.45) is 11.8 Å². The van der Waals surface area contributed by atoms with Crippen LogP contribution in [0.1, 0.15) is 40.0 Å². The average molecular weight is 337 g/mol. The van der Waals surface area contributed by atoms with Gasteiger partial charge in [0, 0.05) is 18.0 Å². The Morgan fingerprint density at radius 3 is 2.71 bits per heavy atom. The van der Waals surface area contributed by atoms with Gasteiger partial charge in [0.2, 0.25) is 0 Å². The molecule has 3 aliphatic rings. The summed E-state index contributed by atoms with van der Waals surface area (Å²) in [6.45, 7) is 7.11. The number of hydrogen-bond acceptors (Lipinski definition) is 6. The molecule has 6 nitrogen and oxygen atoms in total. The molecule has 0 aromatic rings. The summed E-state index contributed by atoms with van der Waals surface area (Å²) in [5.74, 6) is -1.23. The van der Waals surface area contributed by atoms with E-state index < -0.39 is 17.5 Å². The van der Waals surface area contributed by atoms with E-state index in [0.29, 0.717) is 5.57 Å². The second-order valence-electron chi connectivity index (χ2n) is 7.47. The lowest BCUT2D eigenvalue weighted by Gasteiger charge is -2.32. The predicted molar refractivity (Wildman–Crippen MR) is 87.1 cm³/mol. The fourth-order valence-corrected chi connectivity index (χ4v) is 4.11. The minimum absolute atomic E-state index is 0.113. The van der Waals surface area contributed by atoms with Crippen molar-refractivity contribution in [1.82, 2.24) is 4.90 Å². The van der Waals surface area contributed by atoms with Crippen LogP contribution in [-0.4, -0.2) is 59.4 Å². The number of cyclic esters (lactones) is 1. The molecule has 134 valence electrons. The molecule has 1 N–H and O–H groups in total. The van der Waals surface area contributed by atoms with Gasteiger partial charge in [0.15, 0.2) is 5.60 Å². The summed E-state index contributed by atoms with van der Waals surface area (Å²) in [5, 5.41) is 10.6. The Morgan fingerprint density at radius 2 is 2.00 bits per heavy atom. The van der Waals surface area contributed by atoms with E-state index in [9.17, 15) is 14.7 Å². The molecule has 3 fully saturated rings. The van der Waals surface area contributed by atoms with Crippen LogP contribution in [0, 0.1) is 11.8 Å². The van der Waals surface area contributed by atoms with Crippen LogP contribution in [0.5, 0.6) is 0 Å². The fraction of sp³-hybridized carbons (Fsp3) is 0.778. The second kappa shape index (κ2) is 6.48. The van der Waals surface area contributed by atoms with E-state index in [-0.39, 0.29) is 37.1 Å². The van der Waals surface area contributed by atoms with Crippen LogP contribution in [0.4, 0.5) is 0 Å². The molecule has 0 bridgehead atoms. The lowest BCUT2D eigenvalue weighted by atomic mass is 9.85. The standard InChI is InChI=1S/C18H27NO5/c1-4-12-9-11(2)18(3,22)17(21)23-10-13-5-7-19-8-6-14(15(13)19)24-16(12)20/h4,11,13-15,22H,5-10H2,1-3H3/b12-4+/t11?,13-,14-,15+,18?/m1/s1. The normalized spacial score (nSPS) is 42.9. The molecule has 0 aromatic heterocycles. The molecule has 0 radical (unpaired) electrons. The van der Waals surface area contributed by atoms with Crippen molar-refractivity contribution < 1.29 is 24.2 Å². The lowest BCUT2D eigenvalue weighted by Crippen LogP contribution is -2.46. The third kappa shape index (κ3) is 2.97. The summed E-state index contributed by atoms with van der Waals surface area (Å²) in [4.78, 5) is 27.3. The minimum atomic E-state index is -1.62. The lowest BCUT2D eigenvalue weighted by molar-refractivity contribution is -0.172. The van der Waals surface area contributed by atoms with Crippen LogP contribution in [0.25, 0.3) is 0 Å². The van der Waals surface area contributed by atoms with Crippen LogP contribution in [0.15, 0.2) is 11.6 Å². The highest BCUT2D eigenvalue weighted by atomic mass is 16.6. The van der Waals surface area contributed by atoms with E-state index in [1.54, 1.807) is 19.9 Å². The number of esters is 2. The molecule has 0 spiro atoms. The zero-order valence-corrected chi connectivity index (χ0v) is 14.7. The molecular weight excluding hydrogens is 310 g/mol. The van der Waals surface area contributed by atoms with Crippen LogP contribution >= 0.6 is 0 Å². The Hall–Kier alpha value is -1.40. The second-order valence-corrected chi connectivity index (χ2v) is 7.47. The van der Waals surface area contributed by atoms with Crippen molar-refractivity contribution in [3.8, 4) is 0 Å². The number of rotatable bonds is 0. The Balaban J connectivity index is 1.89. The van der Waals surface area contributed by atoms with Gasteiger partial charge in [-0.05, 0) is 45.6 Å². The first-order chi connectivity index (χ1) is 11.3. The van der Waals surface area contributed by atoms with E-state index >= 15 is 0 Å². The van der Waals surface area contributed by atoms with Gasteiger partial charge in [0.25, 0.3) is 0 Å². The van der Waals surface area contributed by atoms with Gasteiger partial charge in [0.05, 0.1) is 12.6 Å². The summed E-state index contributed by atoms with van der Waals surface area (Å²) < 4.78 is 11.3. The van der Waals surface area contributed by atoms with E-state index in [1.165, 1.54) is 6.92 Å². The summed E-state index contributed by atoms with van der Waals surface area (Å²) in [7, 11) is 0. The highest BCUT2D eigenvalue weighted by Crippen LogP contribution is 2.36. The van der Waals surface area contributed by atoms with Crippen LogP contribution < -0.4 is 0 Å². The largest absolute Gasteiger partial charge is 0.463 e. The zero-order chi connectivity index (χ0) is 17.5. The molecular formula is C18H27NO5. The Labute approximate surface area is 142 Å². The number of hydrogen-bond donors (Lipinski definition) is 1. The molecule has 3 saturated heterocycles. The molecule has 0 saturated carbocycles. The molecule has 5 atom stereocenters. The third-order valence-corrected chi connectivity index (χ3v) is 5.97. The van der Waals surface area contributed by atoms with Gasteiger partial charge in [-0.15, -0.1) is 0 Å². The Morgan fingerprint density at radius 1 is 1.29 bits per heavy atom. The molecule has 0 aliphatic carbocycles. The topological polar surface area (TPSA) is 76.1 Å². The van der Waals surface area contributed by atoms with E-state index in [2.05, 4.69) is 4.90 Å². The summed E-state index contributed by atoms with van der Waals surface area (Å²) >= 11 is 0. The first-order valence-corrected chi connectivity index (χ1v) is 8.84. The maximum Gasteiger partial charge on any atom is 0.338 e. The first kappa shape index (κ1) is 17.4. The number of allylic oxidation sites excluding steroid dienone is 1. The smallest absolute Gasteiger partial charge is 0.338 e. The highest BCUT2D eigenvalue weighted by molar-refractivity contribution is 5.89. The van der Waals surface area contributed by atoms with Gasteiger partial charge < -0.3 is 14.6 Å². The first-order valence-electron chi connectivity index (χ1n) is 8.84. The van der Waals surface area contributed by atoms with Gasteiger partial charge in [-0.1, -0.05) is 13.0 Å². The predicted octanol–water partition coefficient (Wildman–Crippen LogP) is 1.27. The molecule has 2 unspecified atom stereocenters. The maximum atomic E-state index is 12.6. The van der Waals surface area contributed by atoms with E-state index in [4.69, 9.17) is 9.47 Å². The fourth-order valence-electron chi connectivity index (χ4n) is 4.11. The maximum absolute atomic E-state index is 12.6. The molecule has 0 aromatic carbocycles. The number of ether oxygens (including phenoxy) is 2. The molecule has 3 rings (SSSR count). The summed E-state index contributed by atoms with van der Waals surface area (Å²) in [6, 6.07) is 0.113. The van der Waals surface area contributed by atoms with Crippen molar-refractivity contribution in [3.63, 3.8) is 0 Å². The molecule has 3 heterocycles.